The van der Waals surface area contributed by atoms with E-state index in [4.69, 9.17) is 0 Å². The Morgan fingerprint density at radius 1 is 1.43 bits per heavy atom. The average Bonchev–Trinajstić information content (AvgIpc) is 2.44. The van der Waals surface area contributed by atoms with Crippen LogP contribution in [-0.2, 0) is 0 Å². The van der Waals surface area contributed by atoms with Crippen LogP contribution >= 0.6 is 0 Å². The molecule has 3 rings (SSSR count). The van der Waals surface area contributed by atoms with Crippen LogP contribution in [0.1, 0.15) is 12.8 Å². The van der Waals surface area contributed by atoms with Gasteiger partial charge < -0.3 is 10.0 Å². The minimum absolute atomic E-state index is 0.0295. The number of non-ortho nitro benzene ring substituents is 1. The molecule has 110 valence electrons. The Bertz CT molecular complexity index is 683. The fourth-order valence-electron chi connectivity index (χ4n) is 2.96. The largest absolute Gasteiger partial charge is 0.393 e. The van der Waals surface area contributed by atoms with E-state index in [1.165, 1.54) is 6.07 Å². The number of benzene rings is 1. The topological polar surface area (TPSA) is 79.5 Å². The molecule has 1 aliphatic rings. The molecule has 1 fully saturated rings. The first-order valence-corrected chi connectivity index (χ1v) is 6.97. The van der Waals surface area contributed by atoms with Gasteiger partial charge in [0.2, 0.25) is 0 Å². The van der Waals surface area contributed by atoms with Crippen LogP contribution in [0.25, 0.3) is 10.9 Å². The average molecular weight is 287 g/mol. The number of pyridine rings is 1. The van der Waals surface area contributed by atoms with Crippen molar-refractivity contribution < 1.29 is 10.0 Å². The summed E-state index contributed by atoms with van der Waals surface area (Å²) < 4.78 is 0. The van der Waals surface area contributed by atoms with E-state index in [0.717, 1.165) is 30.5 Å². The van der Waals surface area contributed by atoms with E-state index in [0.29, 0.717) is 11.4 Å². The summed E-state index contributed by atoms with van der Waals surface area (Å²) in [5.74, 6) is 0.479. The molecule has 0 atom stereocenters. The number of nitro groups is 1. The lowest BCUT2D eigenvalue weighted by molar-refractivity contribution is -0.383. The van der Waals surface area contributed by atoms with E-state index in [1.54, 1.807) is 18.3 Å². The van der Waals surface area contributed by atoms with Gasteiger partial charge in [0.1, 0.15) is 5.52 Å². The monoisotopic (exact) mass is 287 g/mol. The molecular weight excluding hydrogens is 270 g/mol. The van der Waals surface area contributed by atoms with Crippen molar-refractivity contribution in [3.63, 3.8) is 0 Å². The molecule has 1 saturated carbocycles. The number of fused-ring (bicyclic) bond motifs is 1. The zero-order valence-electron chi connectivity index (χ0n) is 11.8. The lowest BCUT2D eigenvalue weighted by atomic mass is 9.82. The highest BCUT2D eigenvalue weighted by Crippen LogP contribution is 2.34. The molecular formula is C15H17N3O3. The predicted octanol–water partition coefficient (Wildman–Crippen LogP) is 2.35. The van der Waals surface area contributed by atoms with Crippen molar-refractivity contribution in [2.45, 2.75) is 18.9 Å². The Balaban J connectivity index is 1.95. The highest BCUT2D eigenvalue weighted by Gasteiger charge is 2.28. The van der Waals surface area contributed by atoms with Gasteiger partial charge in [-0.2, -0.15) is 0 Å². The fraction of sp³-hybridized carbons (Fsp3) is 0.400. The summed E-state index contributed by atoms with van der Waals surface area (Å²) in [5.41, 5.74) is 1.38. The molecule has 1 aromatic carbocycles. The van der Waals surface area contributed by atoms with Crippen LogP contribution in [0.2, 0.25) is 0 Å². The van der Waals surface area contributed by atoms with Crippen molar-refractivity contribution >= 4 is 22.3 Å². The van der Waals surface area contributed by atoms with E-state index in [-0.39, 0.29) is 11.8 Å². The van der Waals surface area contributed by atoms with Crippen molar-refractivity contribution in [3.05, 3.63) is 40.6 Å². The number of nitrogens with zero attached hydrogens (tertiary/aromatic N) is 3. The molecule has 1 heterocycles. The second kappa shape index (κ2) is 5.29. The number of aliphatic hydroxyl groups is 1. The first-order chi connectivity index (χ1) is 10.1. The second-order valence-corrected chi connectivity index (χ2v) is 5.63. The van der Waals surface area contributed by atoms with Gasteiger partial charge in [-0.1, -0.05) is 0 Å². The van der Waals surface area contributed by atoms with Gasteiger partial charge in [-0.15, -0.1) is 0 Å². The minimum Gasteiger partial charge on any atom is -0.393 e. The molecule has 2 aromatic rings. The molecule has 21 heavy (non-hydrogen) atoms. The maximum atomic E-state index is 11.1. The lowest BCUT2D eigenvalue weighted by Gasteiger charge is -2.35. The van der Waals surface area contributed by atoms with Crippen molar-refractivity contribution in [2.24, 2.45) is 5.92 Å². The standard InChI is InChI=1S/C15H17N3O3/c1-17(9-10-7-11(19)8-10)13-4-5-14(18(20)21)15-12(13)3-2-6-16-15/h2-6,10-11,19H,7-9H2,1H3. The predicted molar refractivity (Wildman–Crippen MR) is 80.4 cm³/mol. The number of nitro benzene ring substituents is 1. The second-order valence-electron chi connectivity index (χ2n) is 5.63. The molecule has 0 aliphatic heterocycles. The molecule has 0 amide bonds. The first-order valence-electron chi connectivity index (χ1n) is 6.97. The smallest absolute Gasteiger partial charge is 0.295 e. The quantitative estimate of drug-likeness (QED) is 0.689. The third kappa shape index (κ3) is 2.54. The summed E-state index contributed by atoms with van der Waals surface area (Å²) in [6, 6.07) is 6.93. The van der Waals surface area contributed by atoms with Crippen LogP contribution < -0.4 is 4.90 Å². The molecule has 0 saturated heterocycles. The third-order valence-corrected chi connectivity index (χ3v) is 4.08. The van der Waals surface area contributed by atoms with Crippen LogP contribution in [0.4, 0.5) is 11.4 Å². The SMILES string of the molecule is CN(CC1CC(O)C1)c1ccc([N+](=O)[O-])c2ncccc12. The van der Waals surface area contributed by atoms with Crippen LogP contribution in [-0.4, -0.2) is 34.7 Å². The van der Waals surface area contributed by atoms with E-state index in [9.17, 15) is 15.2 Å². The number of aromatic nitrogens is 1. The van der Waals surface area contributed by atoms with Gasteiger partial charge in [-0.05, 0) is 37.0 Å². The number of anilines is 1. The van der Waals surface area contributed by atoms with Gasteiger partial charge in [0.05, 0.1) is 11.0 Å². The summed E-state index contributed by atoms with van der Waals surface area (Å²) in [6.07, 6.45) is 3.06. The van der Waals surface area contributed by atoms with E-state index >= 15 is 0 Å². The highest BCUT2D eigenvalue weighted by molar-refractivity contribution is 5.97. The van der Waals surface area contributed by atoms with E-state index in [1.807, 2.05) is 13.1 Å². The molecule has 0 radical (unpaired) electrons. The number of hydrogen-bond donors (Lipinski definition) is 1. The van der Waals surface area contributed by atoms with Crippen LogP contribution in [0.5, 0.6) is 0 Å². The molecule has 0 unspecified atom stereocenters. The van der Waals surface area contributed by atoms with Crippen LogP contribution in [0.3, 0.4) is 0 Å². The number of hydrogen-bond acceptors (Lipinski definition) is 5. The van der Waals surface area contributed by atoms with Crippen LogP contribution in [0.15, 0.2) is 30.5 Å². The Morgan fingerprint density at radius 3 is 2.86 bits per heavy atom. The van der Waals surface area contributed by atoms with Crippen molar-refractivity contribution in [1.82, 2.24) is 4.98 Å². The van der Waals surface area contributed by atoms with Gasteiger partial charge in [0.25, 0.3) is 5.69 Å². The summed E-state index contributed by atoms with van der Waals surface area (Å²) in [7, 11) is 1.97. The Kier molecular flexibility index (Phi) is 3.47. The highest BCUT2D eigenvalue weighted by atomic mass is 16.6. The molecule has 6 heteroatoms. The summed E-state index contributed by atoms with van der Waals surface area (Å²) in [6.45, 7) is 0.832. The number of aliphatic hydroxyl groups excluding tert-OH is 1. The minimum atomic E-state index is -0.401. The van der Waals surface area contributed by atoms with Crippen molar-refractivity contribution in [2.75, 3.05) is 18.5 Å². The summed E-state index contributed by atoms with van der Waals surface area (Å²) in [5, 5.41) is 21.2. The van der Waals surface area contributed by atoms with Crippen LogP contribution in [0, 0.1) is 16.0 Å². The van der Waals surface area contributed by atoms with E-state index < -0.39 is 4.92 Å². The zero-order chi connectivity index (χ0) is 15.0. The van der Waals surface area contributed by atoms with Crippen molar-refractivity contribution in [1.29, 1.82) is 0 Å². The van der Waals surface area contributed by atoms with Gasteiger partial charge in [0.15, 0.2) is 0 Å². The fourth-order valence-corrected chi connectivity index (χ4v) is 2.96. The number of rotatable bonds is 4. The molecule has 0 spiro atoms. The van der Waals surface area contributed by atoms with Gasteiger partial charge in [-0.3, -0.25) is 10.1 Å². The maximum absolute atomic E-state index is 11.1. The van der Waals surface area contributed by atoms with E-state index in [2.05, 4.69) is 9.88 Å². The molecule has 1 aromatic heterocycles. The molecule has 1 aliphatic carbocycles. The third-order valence-electron chi connectivity index (χ3n) is 4.08. The maximum Gasteiger partial charge on any atom is 0.295 e. The summed E-state index contributed by atoms with van der Waals surface area (Å²) in [4.78, 5) is 16.9. The lowest BCUT2D eigenvalue weighted by Crippen LogP contribution is -2.37. The Labute approximate surface area is 122 Å². The summed E-state index contributed by atoms with van der Waals surface area (Å²) >= 11 is 0. The van der Waals surface area contributed by atoms with Crippen molar-refractivity contribution in [3.8, 4) is 0 Å². The van der Waals surface area contributed by atoms with Gasteiger partial charge >= 0.3 is 0 Å². The Hall–Kier alpha value is -2.21. The molecule has 1 N–H and O–H groups in total. The normalized spacial score (nSPS) is 21.0. The first kappa shape index (κ1) is 13.8. The molecule has 0 bridgehead atoms. The van der Waals surface area contributed by atoms with Gasteiger partial charge in [-0.25, -0.2) is 4.98 Å². The molecule has 6 nitrogen and oxygen atoms in total. The van der Waals surface area contributed by atoms with Gasteiger partial charge in [0, 0.05) is 36.9 Å². The Morgan fingerprint density at radius 2 is 2.19 bits per heavy atom. The zero-order valence-corrected chi connectivity index (χ0v) is 11.8.